The van der Waals surface area contributed by atoms with Crippen molar-refractivity contribution in [3.05, 3.63) is 40.9 Å². The SMILES string of the molecule is C1=NCC(Sc2ccccc2)=C2N=CCN=C2N1. The van der Waals surface area contributed by atoms with Crippen LogP contribution in [0.1, 0.15) is 0 Å². The standard InChI is InChI=1S/C13H12N4S/c1-2-4-10(5-3-1)18-11-8-14-9-17-13-12(11)15-6-7-16-13/h1-6,9H,7-8H2,(H,14,16,17). The van der Waals surface area contributed by atoms with Gasteiger partial charge >= 0.3 is 0 Å². The number of nitrogens with zero attached hydrogens (tertiary/aromatic N) is 3. The number of hydrogen-bond acceptors (Lipinski definition) is 5. The van der Waals surface area contributed by atoms with Gasteiger partial charge in [0, 0.05) is 16.0 Å². The molecule has 0 saturated carbocycles. The van der Waals surface area contributed by atoms with Gasteiger partial charge in [0.2, 0.25) is 0 Å². The number of rotatable bonds is 2. The first-order valence-electron chi connectivity index (χ1n) is 5.72. The number of amidine groups is 1. The van der Waals surface area contributed by atoms with Crippen LogP contribution in [0, 0.1) is 0 Å². The predicted molar refractivity (Wildman–Crippen MR) is 76.6 cm³/mol. The summed E-state index contributed by atoms with van der Waals surface area (Å²) >= 11 is 1.69. The van der Waals surface area contributed by atoms with Crippen LogP contribution in [-0.4, -0.2) is 31.5 Å². The highest BCUT2D eigenvalue weighted by atomic mass is 32.2. The molecule has 0 aromatic heterocycles. The Kier molecular flexibility index (Phi) is 3.23. The first kappa shape index (κ1) is 11.2. The summed E-state index contributed by atoms with van der Waals surface area (Å²) in [4.78, 5) is 15.5. The topological polar surface area (TPSA) is 49.1 Å². The van der Waals surface area contributed by atoms with Gasteiger partial charge in [0.25, 0.3) is 0 Å². The molecule has 0 spiro atoms. The van der Waals surface area contributed by atoms with Crippen LogP contribution in [0.5, 0.6) is 0 Å². The molecule has 0 unspecified atom stereocenters. The van der Waals surface area contributed by atoms with E-state index in [-0.39, 0.29) is 0 Å². The monoisotopic (exact) mass is 256 g/mol. The minimum atomic E-state index is 0.628. The van der Waals surface area contributed by atoms with Gasteiger partial charge in [0.15, 0.2) is 5.84 Å². The van der Waals surface area contributed by atoms with E-state index >= 15 is 0 Å². The minimum absolute atomic E-state index is 0.628. The number of hydrogen-bond donors (Lipinski definition) is 1. The molecule has 2 aliphatic heterocycles. The van der Waals surface area contributed by atoms with E-state index in [1.807, 2.05) is 24.4 Å². The molecule has 0 aliphatic carbocycles. The Balaban J connectivity index is 1.95. The molecule has 1 aromatic carbocycles. The summed E-state index contributed by atoms with van der Waals surface area (Å²) in [6.07, 6.45) is 3.52. The van der Waals surface area contributed by atoms with Crippen LogP contribution in [0.25, 0.3) is 0 Å². The molecule has 2 aliphatic rings. The Morgan fingerprint density at radius 3 is 2.94 bits per heavy atom. The molecule has 0 amide bonds. The molecule has 0 radical (unpaired) electrons. The Morgan fingerprint density at radius 2 is 2.06 bits per heavy atom. The third-order valence-electron chi connectivity index (χ3n) is 2.55. The van der Waals surface area contributed by atoms with Crippen LogP contribution < -0.4 is 5.32 Å². The average molecular weight is 256 g/mol. The zero-order chi connectivity index (χ0) is 12.2. The highest BCUT2D eigenvalue weighted by Gasteiger charge is 2.17. The van der Waals surface area contributed by atoms with Crippen molar-refractivity contribution in [1.82, 2.24) is 5.32 Å². The lowest BCUT2D eigenvalue weighted by atomic mass is 10.3. The molecule has 0 atom stereocenters. The molecule has 3 rings (SSSR count). The summed E-state index contributed by atoms with van der Waals surface area (Å²) in [6, 6.07) is 10.3. The maximum atomic E-state index is 4.45. The molecule has 1 aromatic rings. The summed E-state index contributed by atoms with van der Waals surface area (Å²) in [5.41, 5.74) is 0.910. The first-order chi connectivity index (χ1) is 8.93. The average Bonchev–Trinajstić information content (AvgIpc) is 2.63. The smallest absolute Gasteiger partial charge is 0.153 e. The zero-order valence-corrected chi connectivity index (χ0v) is 10.5. The van der Waals surface area contributed by atoms with Gasteiger partial charge in [0.1, 0.15) is 5.70 Å². The van der Waals surface area contributed by atoms with Crippen LogP contribution in [0.15, 0.2) is 60.8 Å². The van der Waals surface area contributed by atoms with Crippen LogP contribution in [-0.2, 0) is 0 Å². The highest BCUT2D eigenvalue weighted by Crippen LogP contribution is 2.30. The molecule has 2 heterocycles. The molecular weight excluding hydrogens is 244 g/mol. The van der Waals surface area contributed by atoms with Gasteiger partial charge in [-0.25, -0.2) is 0 Å². The highest BCUT2D eigenvalue weighted by molar-refractivity contribution is 8.03. The van der Waals surface area contributed by atoms with Crippen LogP contribution >= 0.6 is 11.8 Å². The number of nitrogens with one attached hydrogen (secondary N) is 1. The Labute approximate surface area is 110 Å². The summed E-state index contributed by atoms with van der Waals surface area (Å²) in [7, 11) is 0. The zero-order valence-electron chi connectivity index (χ0n) is 9.71. The van der Waals surface area contributed by atoms with Crippen molar-refractivity contribution < 1.29 is 0 Å². The molecule has 0 fully saturated rings. The largest absolute Gasteiger partial charge is 0.330 e. The second-order valence-electron chi connectivity index (χ2n) is 3.80. The van der Waals surface area contributed by atoms with Gasteiger partial charge in [-0.3, -0.25) is 15.0 Å². The van der Waals surface area contributed by atoms with Crippen molar-refractivity contribution in [3.8, 4) is 0 Å². The Morgan fingerprint density at radius 1 is 1.17 bits per heavy atom. The van der Waals surface area contributed by atoms with Crippen molar-refractivity contribution >= 4 is 30.2 Å². The summed E-state index contributed by atoms with van der Waals surface area (Å²) < 4.78 is 0. The number of thioether (sulfide) groups is 1. The van der Waals surface area contributed by atoms with Crippen molar-refractivity contribution in [1.29, 1.82) is 0 Å². The summed E-state index contributed by atoms with van der Waals surface area (Å²) in [6.45, 7) is 1.27. The number of aliphatic imine (C=N–C) groups is 3. The lowest BCUT2D eigenvalue weighted by Gasteiger charge is -2.12. The quantitative estimate of drug-likeness (QED) is 0.881. The fourth-order valence-electron chi connectivity index (χ4n) is 1.74. The van der Waals surface area contributed by atoms with E-state index < -0.39 is 0 Å². The van der Waals surface area contributed by atoms with Crippen molar-refractivity contribution in [3.63, 3.8) is 0 Å². The second-order valence-corrected chi connectivity index (χ2v) is 4.97. The van der Waals surface area contributed by atoms with E-state index in [9.17, 15) is 0 Å². The summed E-state index contributed by atoms with van der Waals surface area (Å²) in [5.74, 6) is 0.817. The molecule has 0 bridgehead atoms. The number of benzene rings is 1. The number of fused-ring (bicyclic) bond motifs is 1. The molecule has 4 nitrogen and oxygen atoms in total. The van der Waals surface area contributed by atoms with Gasteiger partial charge in [-0.2, -0.15) is 0 Å². The van der Waals surface area contributed by atoms with Gasteiger partial charge in [-0.1, -0.05) is 30.0 Å². The lowest BCUT2D eigenvalue weighted by molar-refractivity contribution is 1.18. The first-order valence-corrected chi connectivity index (χ1v) is 6.53. The molecule has 0 saturated heterocycles. The van der Waals surface area contributed by atoms with E-state index in [0.29, 0.717) is 13.1 Å². The minimum Gasteiger partial charge on any atom is -0.330 e. The van der Waals surface area contributed by atoms with Gasteiger partial charge in [0.05, 0.1) is 19.4 Å². The van der Waals surface area contributed by atoms with Crippen molar-refractivity contribution in [2.24, 2.45) is 15.0 Å². The van der Waals surface area contributed by atoms with Crippen LogP contribution in [0.4, 0.5) is 0 Å². The van der Waals surface area contributed by atoms with Crippen LogP contribution in [0.3, 0.4) is 0 Å². The maximum Gasteiger partial charge on any atom is 0.153 e. The summed E-state index contributed by atoms with van der Waals surface area (Å²) in [5, 5.41) is 3.07. The third kappa shape index (κ3) is 2.36. The fourth-order valence-corrected chi connectivity index (χ4v) is 2.70. The Hall–Kier alpha value is -1.88. The van der Waals surface area contributed by atoms with Gasteiger partial charge in [-0.05, 0) is 12.1 Å². The van der Waals surface area contributed by atoms with Crippen molar-refractivity contribution in [2.75, 3.05) is 13.1 Å². The van der Waals surface area contributed by atoms with E-state index in [1.165, 1.54) is 4.90 Å². The molecule has 5 heteroatoms. The van der Waals surface area contributed by atoms with Gasteiger partial charge in [-0.15, -0.1) is 0 Å². The van der Waals surface area contributed by atoms with E-state index in [1.54, 1.807) is 18.1 Å². The fraction of sp³-hybridized carbons (Fsp3) is 0.154. The second kappa shape index (κ2) is 5.18. The Bertz CT molecular complexity index is 558. The maximum absolute atomic E-state index is 4.45. The molecule has 1 N–H and O–H groups in total. The normalized spacial score (nSPS) is 17.9. The van der Waals surface area contributed by atoms with Gasteiger partial charge < -0.3 is 5.32 Å². The van der Waals surface area contributed by atoms with E-state index in [0.717, 1.165) is 16.4 Å². The molecule has 90 valence electrons. The lowest BCUT2D eigenvalue weighted by Crippen LogP contribution is -2.25. The van der Waals surface area contributed by atoms with E-state index in [2.05, 4.69) is 32.4 Å². The van der Waals surface area contributed by atoms with Crippen molar-refractivity contribution in [2.45, 2.75) is 4.90 Å². The molecular formula is C13H12N4S. The molecule has 18 heavy (non-hydrogen) atoms. The third-order valence-corrected chi connectivity index (χ3v) is 3.63. The van der Waals surface area contributed by atoms with E-state index in [4.69, 9.17) is 0 Å². The predicted octanol–water partition coefficient (Wildman–Crippen LogP) is 2.10. The van der Waals surface area contributed by atoms with Crippen LogP contribution in [0.2, 0.25) is 0 Å².